The van der Waals surface area contributed by atoms with Crippen molar-refractivity contribution in [2.45, 2.75) is 24.9 Å². The first-order valence-corrected chi connectivity index (χ1v) is 12.3. The molecule has 0 aliphatic rings. The number of imidazole rings is 1. The number of thioether (sulfide) groups is 1. The summed E-state index contributed by atoms with van der Waals surface area (Å²) in [5, 5.41) is 4.10. The van der Waals surface area contributed by atoms with Gasteiger partial charge >= 0.3 is 5.69 Å². The summed E-state index contributed by atoms with van der Waals surface area (Å²) in [5.41, 5.74) is 3.68. The van der Waals surface area contributed by atoms with E-state index in [-0.39, 0.29) is 11.2 Å². The Hall–Kier alpha value is -3.24. The molecule has 10 heteroatoms. The first kappa shape index (κ1) is 21.6. The Morgan fingerprint density at radius 2 is 1.85 bits per heavy atom. The lowest BCUT2D eigenvalue weighted by Gasteiger charge is -2.09. The lowest BCUT2D eigenvalue weighted by atomic mass is 10.1. The largest absolute Gasteiger partial charge is 0.332 e. The molecule has 0 amide bonds. The van der Waals surface area contributed by atoms with Crippen molar-refractivity contribution < 1.29 is 0 Å². The summed E-state index contributed by atoms with van der Waals surface area (Å²) in [6.45, 7) is 2.41. The molecule has 0 saturated carbocycles. The summed E-state index contributed by atoms with van der Waals surface area (Å²) in [5.74, 6) is 0.717. The molecule has 5 rings (SSSR count). The Labute approximate surface area is 197 Å². The standard InChI is InChI=1S/C23H22N6O2S2/c1-14-5-7-15(8-6-14)16-11-33-21-17(16)20(24-12-25-21)32-10-4-9-29-22(30)18-19(26-13-27(18)2)28(3)23(29)31/h5-8,11-13H,4,9-10H2,1-3H3. The monoisotopic (exact) mass is 478 g/mol. The first-order chi connectivity index (χ1) is 16.0. The minimum absolute atomic E-state index is 0.304. The highest BCUT2D eigenvalue weighted by Crippen LogP contribution is 2.38. The van der Waals surface area contributed by atoms with Crippen LogP contribution in [-0.2, 0) is 20.6 Å². The van der Waals surface area contributed by atoms with Crippen LogP contribution in [0.3, 0.4) is 0 Å². The van der Waals surface area contributed by atoms with Crippen LogP contribution in [0, 0.1) is 6.92 Å². The van der Waals surface area contributed by atoms with Gasteiger partial charge < -0.3 is 4.57 Å². The van der Waals surface area contributed by atoms with E-state index in [1.807, 2.05) is 0 Å². The number of benzene rings is 1. The Morgan fingerprint density at radius 1 is 1.06 bits per heavy atom. The van der Waals surface area contributed by atoms with E-state index in [2.05, 4.69) is 51.5 Å². The number of aromatic nitrogens is 6. The molecular formula is C23H22N6O2S2. The molecule has 0 aliphatic carbocycles. The van der Waals surface area contributed by atoms with Crippen molar-refractivity contribution in [1.29, 1.82) is 0 Å². The predicted octanol–water partition coefficient (Wildman–Crippen LogP) is 3.60. The van der Waals surface area contributed by atoms with Crippen LogP contribution >= 0.6 is 23.1 Å². The third kappa shape index (κ3) is 3.79. The second-order valence-electron chi connectivity index (χ2n) is 7.90. The van der Waals surface area contributed by atoms with Crippen LogP contribution in [0.1, 0.15) is 12.0 Å². The van der Waals surface area contributed by atoms with E-state index in [0.717, 1.165) is 26.4 Å². The van der Waals surface area contributed by atoms with Gasteiger partial charge in [-0.15, -0.1) is 23.1 Å². The molecule has 4 aromatic heterocycles. The van der Waals surface area contributed by atoms with Crippen LogP contribution in [0.15, 0.2) is 56.9 Å². The maximum absolute atomic E-state index is 12.9. The van der Waals surface area contributed by atoms with Crippen molar-refractivity contribution in [3.8, 4) is 11.1 Å². The van der Waals surface area contributed by atoms with Gasteiger partial charge in [-0.2, -0.15) is 0 Å². The summed E-state index contributed by atoms with van der Waals surface area (Å²) in [4.78, 5) is 39.7. The zero-order valence-corrected chi connectivity index (χ0v) is 20.1. The molecule has 1 aromatic carbocycles. The summed E-state index contributed by atoms with van der Waals surface area (Å²) in [6, 6.07) is 8.45. The van der Waals surface area contributed by atoms with Gasteiger partial charge in [-0.1, -0.05) is 29.8 Å². The number of hydrogen-bond acceptors (Lipinski definition) is 7. The molecule has 0 spiro atoms. The van der Waals surface area contributed by atoms with Gasteiger partial charge in [0.1, 0.15) is 16.2 Å². The summed E-state index contributed by atoms with van der Waals surface area (Å²) in [7, 11) is 3.40. The van der Waals surface area contributed by atoms with Crippen molar-refractivity contribution in [3.05, 3.63) is 68.7 Å². The van der Waals surface area contributed by atoms with Crippen LogP contribution < -0.4 is 11.2 Å². The van der Waals surface area contributed by atoms with E-state index in [4.69, 9.17) is 0 Å². The van der Waals surface area contributed by atoms with Crippen LogP contribution in [-0.4, -0.2) is 34.4 Å². The normalized spacial score (nSPS) is 11.6. The van der Waals surface area contributed by atoms with Gasteiger partial charge in [0.05, 0.1) is 11.7 Å². The first-order valence-electron chi connectivity index (χ1n) is 10.5. The highest BCUT2D eigenvalue weighted by molar-refractivity contribution is 7.99. The zero-order valence-electron chi connectivity index (χ0n) is 18.5. The van der Waals surface area contributed by atoms with Crippen molar-refractivity contribution in [1.82, 2.24) is 28.7 Å². The number of fused-ring (bicyclic) bond motifs is 2. The lowest BCUT2D eigenvalue weighted by Crippen LogP contribution is -2.39. The van der Waals surface area contributed by atoms with E-state index in [1.54, 1.807) is 54.4 Å². The van der Waals surface area contributed by atoms with E-state index in [1.165, 1.54) is 14.7 Å². The number of nitrogens with zero attached hydrogens (tertiary/aromatic N) is 6. The molecule has 33 heavy (non-hydrogen) atoms. The maximum atomic E-state index is 12.9. The Bertz CT molecular complexity index is 1590. The highest BCUT2D eigenvalue weighted by atomic mass is 32.2. The van der Waals surface area contributed by atoms with E-state index in [0.29, 0.717) is 29.9 Å². The van der Waals surface area contributed by atoms with Crippen LogP contribution in [0.2, 0.25) is 0 Å². The zero-order chi connectivity index (χ0) is 23.1. The molecule has 0 fully saturated rings. The van der Waals surface area contributed by atoms with Gasteiger partial charge in [-0.25, -0.2) is 19.7 Å². The van der Waals surface area contributed by atoms with Gasteiger partial charge in [0.15, 0.2) is 11.2 Å². The van der Waals surface area contributed by atoms with Crippen LogP contribution in [0.4, 0.5) is 0 Å². The fraction of sp³-hybridized carbons (Fsp3) is 0.261. The molecule has 0 unspecified atom stereocenters. The van der Waals surface area contributed by atoms with Gasteiger partial charge in [0, 0.05) is 37.3 Å². The summed E-state index contributed by atoms with van der Waals surface area (Å²) < 4.78 is 4.38. The fourth-order valence-electron chi connectivity index (χ4n) is 3.89. The topological polar surface area (TPSA) is 87.6 Å². The molecule has 0 bridgehead atoms. The average molecular weight is 479 g/mol. The number of rotatable bonds is 6. The molecule has 4 heterocycles. The number of aryl methyl sites for hydroxylation is 3. The third-order valence-electron chi connectivity index (χ3n) is 5.66. The van der Waals surface area contributed by atoms with Crippen molar-refractivity contribution >= 4 is 44.5 Å². The molecular weight excluding hydrogens is 456 g/mol. The molecule has 8 nitrogen and oxygen atoms in total. The van der Waals surface area contributed by atoms with Gasteiger partial charge in [0.25, 0.3) is 5.56 Å². The highest BCUT2D eigenvalue weighted by Gasteiger charge is 2.16. The molecule has 0 atom stereocenters. The third-order valence-corrected chi connectivity index (χ3v) is 7.63. The second-order valence-corrected chi connectivity index (χ2v) is 9.84. The quantitative estimate of drug-likeness (QED) is 0.211. The van der Waals surface area contributed by atoms with Crippen LogP contribution in [0.5, 0.6) is 0 Å². The van der Waals surface area contributed by atoms with Crippen molar-refractivity contribution in [2.75, 3.05) is 5.75 Å². The van der Waals surface area contributed by atoms with Gasteiger partial charge in [0.2, 0.25) is 0 Å². The number of hydrogen-bond donors (Lipinski definition) is 0. The van der Waals surface area contributed by atoms with E-state index in [9.17, 15) is 9.59 Å². The van der Waals surface area contributed by atoms with Gasteiger partial charge in [-0.05, 0) is 18.9 Å². The fourth-order valence-corrected chi connectivity index (χ4v) is 5.81. The maximum Gasteiger partial charge on any atom is 0.332 e. The molecule has 0 radical (unpaired) electrons. The smallest absolute Gasteiger partial charge is 0.328 e. The minimum Gasteiger partial charge on any atom is -0.328 e. The SMILES string of the molecule is Cc1ccc(-c2csc3ncnc(SCCCn4c(=O)c5c(ncn5C)n(C)c4=O)c23)cc1. The second kappa shape index (κ2) is 8.60. The Morgan fingerprint density at radius 3 is 2.64 bits per heavy atom. The summed E-state index contributed by atoms with van der Waals surface area (Å²) >= 11 is 3.23. The van der Waals surface area contributed by atoms with Crippen molar-refractivity contribution in [2.24, 2.45) is 14.1 Å². The molecule has 0 saturated heterocycles. The summed E-state index contributed by atoms with van der Waals surface area (Å²) in [6.07, 6.45) is 3.80. The van der Waals surface area contributed by atoms with Gasteiger partial charge in [-0.3, -0.25) is 13.9 Å². The van der Waals surface area contributed by atoms with E-state index >= 15 is 0 Å². The van der Waals surface area contributed by atoms with E-state index < -0.39 is 0 Å². The Kier molecular flexibility index (Phi) is 5.63. The van der Waals surface area contributed by atoms with Crippen molar-refractivity contribution in [3.63, 3.8) is 0 Å². The molecule has 5 aromatic rings. The number of thiophene rings is 1. The minimum atomic E-state index is -0.347. The lowest BCUT2D eigenvalue weighted by molar-refractivity contribution is 0.594. The molecule has 168 valence electrons. The predicted molar refractivity (Wildman–Crippen MR) is 133 cm³/mol. The van der Waals surface area contributed by atoms with Crippen LogP contribution in [0.25, 0.3) is 32.5 Å². The molecule has 0 N–H and O–H groups in total. The average Bonchev–Trinajstić information content (AvgIpc) is 3.42. The molecule has 0 aliphatic heterocycles. The Balaban J connectivity index is 1.38.